The van der Waals surface area contributed by atoms with Crippen molar-refractivity contribution in [1.29, 1.82) is 0 Å². The lowest BCUT2D eigenvalue weighted by molar-refractivity contribution is 1.28. The Morgan fingerprint density at radius 2 is 0.559 bits per heavy atom. The summed E-state index contributed by atoms with van der Waals surface area (Å²) in [5.74, 6) is 0. The Morgan fingerprint density at radius 3 is 1.10 bits per heavy atom. The van der Waals surface area contributed by atoms with Crippen LogP contribution in [0.5, 0.6) is 0 Å². The maximum Gasteiger partial charge on any atom is 0.0462 e. The summed E-state index contributed by atoms with van der Waals surface area (Å²) < 4.78 is 0. The molecule has 0 saturated heterocycles. The predicted molar refractivity (Wildman–Crippen MR) is 251 cm³/mol. The first kappa shape index (κ1) is 35.7. The van der Waals surface area contributed by atoms with Gasteiger partial charge in [0, 0.05) is 17.1 Å². The van der Waals surface area contributed by atoms with Gasteiger partial charge < -0.3 is 4.90 Å². The molecule has 0 bridgehead atoms. The molecule has 10 aromatic rings. The molecule has 10 rings (SSSR count). The lowest BCUT2D eigenvalue weighted by Gasteiger charge is -2.26. The van der Waals surface area contributed by atoms with Crippen LogP contribution >= 0.6 is 0 Å². The number of fused-ring (bicyclic) bond motifs is 1. The van der Waals surface area contributed by atoms with Gasteiger partial charge in [0.05, 0.1) is 0 Å². The summed E-state index contributed by atoms with van der Waals surface area (Å²) in [5.41, 5.74) is 17.8. The quantitative estimate of drug-likeness (QED) is 0.142. The normalized spacial score (nSPS) is 11.1. The van der Waals surface area contributed by atoms with Gasteiger partial charge in [-0.15, -0.1) is 0 Å². The molecule has 0 saturated carbocycles. The molecule has 0 heterocycles. The van der Waals surface area contributed by atoms with E-state index in [1.165, 1.54) is 77.5 Å². The Hall–Kier alpha value is -7.74. The first-order valence-corrected chi connectivity index (χ1v) is 20.2. The zero-order valence-corrected chi connectivity index (χ0v) is 32.6. The molecule has 0 aliphatic rings. The molecule has 0 N–H and O–H groups in total. The minimum Gasteiger partial charge on any atom is -0.311 e. The lowest BCUT2D eigenvalue weighted by atomic mass is 9.91. The fourth-order valence-electron chi connectivity index (χ4n) is 8.26. The molecule has 0 aromatic heterocycles. The van der Waals surface area contributed by atoms with Gasteiger partial charge in [-0.3, -0.25) is 0 Å². The summed E-state index contributed by atoms with van der Waals surface area (Å²) in [6, 6.07) is 89.7. The molecule has 1 heteroatoms. The first-order chi connectivity index (χ1) is 29.2. The molecule has 10 aromatic carbocycles. The molecule has 0 unspecified atom stereocenters. The number of rotatable bonds is 9. The molecule has 59 heavy (non-hydrogen) atoms. The summed E-state index contributed by atoms with van der Waals surface area (Å²) in [6.07, 6.45) is 0. The number of hydrogen-bond donors (Lipinski definition) is 0. The summed E-state index contributed by atoms with van der Waals surface area (Å²) in [5, 5.41) is 2.53. The summed E-state index contributed by atoms with van der Waals surface area (Å²) >= 11 is 0. The maximum absolute atomic E-state index is 2.35. The third-order valence-electron chi connectivity index (χ3n) is 11.3. The van der Waals surface area contributed by atoms with Gasteiger partial charge in [-0.2, -0.15) is 0 Å². The Bertz CT molecular complexity index is 2970. The van der Waals surface area contributed by atoms with Gasteiger partial charge in [-0.25, -0.2) is 0 Å². The standard InChI is InChI=1S/C58H41N/c1-4-13-42(14-5-1)44-27-34-52(35-28-44)59(53-36-29-45(30-37-53)43-23-25-50(26-24-43)56-22-12-20-48-19-10-11-21-55(48)56)54-38-31-46(32-39-54)51-33-40-57(47-15-6-2-7-16-47)58(41-51)49-17-8-3-9-18-49/h1-41H. The summed E-state index contributed by atoms with van der Waals surface area (Å²) in [6.45, 7) is 0. The van der Waals surface area contributed by atoms with Gasteiger partial charge in [0.15, 0.2) is 0 Å². The molecule has 0 fully saturated rings. The third-order valence-corrected chi connectivity index (χ3v) is 11.3. The van der Waals surface area contributed by atoms with E-state index >= 15 is 0 Å². The Labute approximate surface area is 346 Å². The fraction of sp³-hybridized carbons (Fsp3) is 0. The molecule has 1 nitrogen and oxygen atoms in total. The number of anilines is 3. The van der Waals surface area contributed by atoms with Crippen LogP contribution in [-0.2, 0) is 0 Å². The monoisotopic (exact) mass is 751 g/mol. The predicted octanol–water partition coefficient (Wildman–Crippen LogP) is 16.3. The highest BCUT2D eigenvalue weighted by molar-refractivity contribution is 5.97. The average molecular weight is 752 g/mol. The smallest absolute Gasteiger partial charge is 0.0462 e. The summed E-state index contributed by atoms with van der Waals surface area (Å²) in [7, 11) is 0. The molecular formula is C58H41N. The van der Waals surface area contributed by atoms with Crippen molar-refractivity contribution in [3.8, 4) is 66.8 Å². The van der Waals surface area contributed by atoms with Crippen LogP contribution in [0.4, 0.5) is 17.1 Å². The topological polar surface area (TPSA) is 3.24 Å². The van der Waals surface area contributed by atoms with E-state index in [0.717, 1.165) is 17.1 Å². The van der Waals surface area contributed by atoms with Crippen molar-refractivity contribution in [3.63, 3.8) is 0 Å². The fourth-order valence-corrected chi connectivity index (χ4v) is 8.26. The van der Waals surface area contributed by atoms with Gasteiger partial charge in [0.25, 0.3) is 0 Å². The van der Waals surface area contributed by atoms with Crippen molar-refractivity contribution < 1.29 is 0 Å². The van der Waals surface area contributed by atoms with Crippen LogP contribution in [0, 0.1) is 0 Å². The number of nitrogens with zero attached hydrogens (tertiary/aromatic N) is 1. The van der Waals surface area contributed by atoms with Gasteiger partial charge >= 0.3 is 0 Å². The third kappa shape index (κ3) is 7.34. The second kappa shape index (κ2) is 16.0. The average Bonchev–Trinajstić information content (AvgIpc) is 3.33. The molecule has 278 valence electrons. The second-order valence-electron chi connectivity index (χ2n) is 14.9. The van der Waals surface area contributed by atoms with Crippen molar-refractivity contribution in [2.45, 2.75) is 0 Å². The Kier molecular flexibility index (Phi) is 9.68. The molecule has 0 spiro atoms. The van der Waals surface area contributed by atoms with Gasteiger partial charge in [-0.1, -0.05) is 206 Å². The van der Waals surface area contributed by atoms with Crippen LogP contribution in [-0.4, -0.2) is 0 Å². The summed E-state index contributed by atoms with van der Waals surface area (Å²) in [4.78, 5) is 2.35. The zero-order valence-electron chi connectivity index (χ0n) is 32.6. The highest BCUT2D eigenvalue weighted by atomic mass is 15.1. The molecule has 0 aliphatic carbocycles. The van der Waals surface area contributed by atoms with Gasteiger partial charge in [0.2, 0.25) is 0 Å². The van der Waals surface area contributed by atoms with E-state index < -0.39 is 0 Å². The van der Waals surface area contributed by atoms with Crippen molar-refractivity contribution >= 4 is 27.8 Å². The van der Waals surface area contributed by atoms with E-state index in [0.29, 0.717) is 0 Å². The second-order valence-corrected chi connectivity index (χ2v) is 14.9. The van der Waals surface area contributed by atoms with E-state index in [1.807, 2.05) is 0 Å². The van der Waals surface area contributed by atoms with Gasteiger partial charge in [0.1, 0.15) is 0 Å². The van der Waals surface area contributed by atoms with Crippen LogP contribution in [0.15, 0.2) is 249 Å². The Balaban J connectivity index is 0.987. The van der Waals surface area contributed by atoms with Crippen LogP contribution in [0.2, 0.25) is 0 Å². The van der Waals surface area contributed by atoms with E-state index in [-0.39, 0.29) is 0 Å². The largest absolute Gasteiger partial charge is 0.311 e. The van der Waals surface area contributed by atoms with Crippen LogP contribution < -0.4 is 4.90 Å². The van der Waals surface area contributed by atoms with Gasteiger partial charge in [-0.05, 0) is 120 Å². The van der Waals surface area contributed by atoms with E-state index in [1.54, 1.807) is 0 Å². The van der Waals surface area contributed by atoms with Crippen LogP contribution in [0.25, 0.3) is 77.5 Å². The van der Waals surface area contributed by atoms with E-state index in [9.17, 15) is 0 Å². The van der Waals surface area contributed by atoms with E-state index in [4.69, 9.17) is 0 Å². The van der Waals surface area contributed by atoms with Crippen molar-refractivity contribution in [1.82, 2.24) is 0 Å². The lowest BCUT2D eigenvalue weighted by Crippen LogP contribution is -2.09. The minimum atomic E-state index is 1.09. The first-order valence-electron chi connectivity index (χ1n) is 20.2. The highest BCUT2D eigenvalue weighted by Crippen LogP contribution is 2.40. The molecule has 0 amide bonds. The van der Waals surface area contributed by atoms with Crippen molar-refractivity contribution in [3.05, 3.63) is 249 Å². The number of benzene rings is 10. The van der Waals surface area contributed by atoms with Crippen molar-refractivity contribution in [2.75, 3.05) is 4.90 Å². The SMILES string of the molecule is c1ccc(-c2ccc(N(c3ccc(-c4ccc(-c5cccc6ccccc56)cc4)cc3)c3ccc(-c4ccc(-c5ccccc5)c(-c5ccccc5)c4)cc3)cc2)cc1. The maximum atomic E-state index is 2.35. The molecule has 0 atom stereocenters. The molecule has 0 radical (unpaired) electrons. The minimum absolute atomic E-state index is 1.09. The zero-order chi connectivity index (χ0) is 39.4. The number of hydrogen-bond acceptors (Lipinski definition) is 1. The molecular weight excluding hydrogens is 711 g/mol. The van der Waals surface area contributed by atoms with Crippen LogP contribution in [0.3, 0.4) is 0 Å². The van der Waals surface area contributed by atoms with Crippen LogP contribution in [0.1, 0.15) is 0 Å². The Morgan fingerprint density at radius 1 is 0.203 bits per heavy atom. The highest BCUT2D eigenvalue weighted by Gasteiger charge is 2.15. The van der Waals surface area contributed by atoms with Crippen molar-refractivity contribution in [2.24, 2.45) is 0 Å². The molecule has 0 aliphatic heterocycles. The van der Waals surface area contributed by atoms with E-state index in [2.05, 4.69) is 254 Å².